The number of ether oxygens (including phenoxy) is 1. The lowest BCUT2D eigenvalue weighted by Gasteiger charge is -2.05. The van der Waals surface area contributed by atoms with Crippen molar-refractivity contribution in [1.82, 2.24) is 0 Å². The SMILES string of the molecule is OCCCCCOCc1ccc(Cl)c(Cl)c1. The van der Waals surface area contributed by atoms with Crippen LogP contribution in [0.25, 0.3) is 0 Å². The normalized spacial score (nSPS) is 10.7. The van der Waals surface area contributed by atoms with Crippen LogP contribution < -0.4 is 0 Å². The molecule has 0 aliphatic carbocycles. The summed E-state index contributed by atoms with van der Waals surface area (Å²) >= 11 is 11.7. The lowest BCUT2D eigenvalue weighted by Crippen LogP contribution is -1.96. The van der Waals surface area contributed by atoms with Gasteiger partial charge in [0.2, 0.25) is 0 Å². The highest BCUT2D eigenvalue weighted by Crippen LogP contribution is 2.22. The number of halogens is 2. The van der Waals surface area contributed by atoms with Gasteiger partial charge in [0.25, 0.3) is 0 Å². The third kappa shape index (κ3) is 5.17. The van der Waals surface area contributed by atoms with Crippen molar-refractivity contribution in [1.29, 1.82) is 0 Å². The van der Waals surface area contributed by atoms with Gasteiger partial charge in [-0.25, -0.2) is 0 Å². The number of hydrogen-bond acceptors (Lipinski definition) is 2. The van der Waals surface area contributed by atoms with Crippen molar-refractivity contribution in [2.75, 3.05) is 13.2 Å². The zero-order valence-corrected chi connectivity index (χ0v) is 10.6. The topological polar surface area (TPSA) is 29.5 Å². The van der Waals surface area contributed by atoms with Gasteiger partial charge in [-0.2, -0.15) is 0 Å². The van der Waals surface area contributed by atoms with Crippen LogP contribution in [0.15, 0.2) is 18.2 Å². The minimum absolute atomic E-state index is 0.257. The summed E-state index contributed by atoms with van der Waals surface area (Å²) in [4.78, 5) is 0. The molecule has 0 amide bonds. The largest absolute Gasteiger partial charge is 0.396 e. The summed E-state index contributed by atoms with van der Waals surface area (Å²) in [6, 6.07) is 5.49. The number of aliphatic hydroxyl groups excluding tert-OH is 1. The van der Waals surface area contributed by atoms with Crippen molar-refractivity contribution in [3.05, 3.63) is 33.8 Å². The Morgan fingerprint density at radius 3 is 2.56 bits per heavy atom. The predicted octanol–water partition coefficient (Wildman–Crippen LogP) is 3.67. The van der Waals surface area contributed by atoms with Gasteiger partial charge < -0.3 is 9.84 Å². The first-order valence-electron chi connectivity index (χ1n) is 5.36. The van der Waals surface area contributed by atoms with Gasteiger partial charge in [0.1, 0.15) is 0 Å². The smallest absolute Gasteiger partial charge is 0.0717 e. The van der Waals surface area contributed by atoms with Gasteiger partial charge in [0, 0.05) is 13.2 Å². The van der Waals surface area contributed by atoms with Crippen LogP contribution in [0.4, 0.5) is 0 Å². The molecule has 0 aromatic heterocycles. The van der Waals surface area contributed by atoms with Gasteiger partial charge in [-0.05, 0) is 37.0 Å². The molecule has 90 valence electrons. The van der Waals surface area contributed by atoms with Crippen LogP contribution >= 0.6 is 23.2 Å². The van der Waals surface area contributed by atoms with E-state index in [0.717, 1.165) is 24.8 Å². The zero-order valence-electron chi connectivity index (χ0n) is 9.09. The van der Waals surface area contributed by atoms with Crippen LogP contribution in [-0.2, 0) is 11.3 Å². The van der Waals surface area contributed by atoms with E-state index in [2.05, 4.69) is 0 Å². The highest BCUT2D eigenvalue weighted by molar-refractivity contribution is 6.41. The number of unbranched alkanes of at least 4 members (excludes halogenated alkanes) is 2. The monoisotopic (exact) mass is 262 g/mol. The maximum Gasteiger partial charge on any atom is 0.0717 e. The van der Waals surface area contributed by atoms with Crippen molar-refractivity contribution in [2.45, 2.75) is 25.9 Å². The molecule has 16 heavy (non-hydrogen) atoms. The fraction of sp³-hybridized carbons (Fsp3) is 0.500. The van der Waals surface area contributed by atoms with E-state index in [9.17, 15) is 0 Å². The Hall–Kier alpha value is -0.280. The fourth-order valence-corrected chi connectivity index (χ4v) is 1.63. The summed E-state index contributed by atoms with van der Waals surface area (Å²) in [6.07, 6.45) is 2.82. The molecular formula is C12H16Cl2O2. The lowest BCUT2D eigenvalue weighted by atomic mass is 10.2. The molecule has 0 fully saturated rings. The van der Waals surface area contributed by atoms with Gasteiger partial charge in [0.15, 0.2) is 0 Å². The van der Waals surface area contributed by atoms with Crippen LogP contribution in [0.5, 0.6) is 0 Å². The molecule has 1 rings (SSSR count). The van der Waals surface area contributed by atoms with E-state index in [1.807, 2.05) is 12.1 Å². The zero-order chi connectivity index (χ0) is 11.8. The Kier molecular flexibility index (Phi) is 6.81. The second kappa shape index (κ2) is 7.91. The first-order chi connectivity index (χ1) is 7.74. The maximum absolute atomic E-state index is 8.59. The van der Waals surface area contributed by atoms with Crippen molar-refractivity contribution in [2.24, 2.45) is 0 Å². The van der Waals surface area contributed by atoms with Crippen LogP contribution in [0.3, 0.4) is 0 Å². The quantitative estimate of drug-likeness (QED) is 0.760. The molecule has 0 unspecified atom stereocenters. The molecule has 1 aromatic rings. The average molecular weight is 263 g/mol. The molecule has 0 aliphatic heterocycles. The minimum Gasteiger partial charge on any atom is -0.396 e. The molecule has 4 heteroatoms. The molecular weight excluding hydrogens is 247 g/mol. The number of aliphatic hydroxyl groups is 1. The standard InChI is InChI=1S/C12H16Cl2O2/c13-11-5-4-10(8-12(11)14)9-16-7-3-1-2-6-15/h4-5,8,15H,1-3,6-7,9H2. The van der Waals surface area contributed by atoms with E-state index < -0.39 is 0 Å². The summed E-state index contributed by atoms with van der Waals surface area (Å²) in [7, 11) is 0. The fourth-order valence-electron chi connectivity index (χ4n) is 1.31. The molecule has 0 saturated carbocycles. The van der Waals surface area contributed by atoms with Crippen LogP contribution in [0.1, 0.15) is 24.8 Å². The third-order valence-corrected chi connectivity index (χ3v) is 2.94. The molecule has 0 radical (unpaired) electrons. The Morgan fingerprint density at radius 2 is 1.88 bits per heavy atom. The summed E-state index contributed by atoms with van der Waals surface area (Å²) in [6.45, 7) is 1.52. The van der Waals surface area contributed by atoms with E-state index in [1.165, 1.54) is 0 Å². The molecule has 0 aliphatic rings. The molecule has 2 nitrogen and oxygen atoms in total. The molecule has 0 heterocycles. The van der Waals surface area contributed by atoms with Crippen molar-refractivity contribution >= 4 is 23.2 Å². The van der Waals surface area contributed by atoms with Gasteiger partial charge >= 0.3 is 0 Å². The summed E-state index contributed by atoms with van der Waals surface area (Å²) in [5, 5.41) is 9.71. The second-order valence-corrected chi connectivity index (χ2v) is 4.40. The molecule has 0 atom stereocenters. The molecule has 0 bridgehead atoms. The molecule has 1 N–H and O–H groups in total. The Bertz CT molecular complexity index is 316. The van der Waals surface area contributed by atoms with E-state index in [1.54, 1.807) is 6.07 Å². The maximum atomic E-state index is 8.59. The van der Waals surface area contributed by atoms with Crippen molar-refractivity contribution in [3.63, 3.8) is 0 Å². The average Bonchev–Trinajstić information content (AvgIpc) is 2.28. The van der Waals surface area contributed by atoms with Gasteiger partial charge in [-0.1, -0.05) is 29.3 Å². The number of benzene rings is 1. The molecule has 0 spiro atoms. The van der Waals surface area contributed by atoms with Gasteiger partial charge in [-0.15, -0.1) is 0 Å². The number of rotatable bonds is 7. The first-order valence-corrected chi connectivity index (χ1v) is 6.12. The van der Waals surface area contributed by atoms with Crippen molar-refractivity contribution < 1.29 is 9.84 Å². The minimum atomic E-state index is 0.257. The summed E-state index contributed by atoms with van der Waals surface area (Å²) in [5.74, 6) is 0. The number of hydrogen-bond donors (Lipinski definition) is 1. The second-order valence-electron chi connectivity index (χ2n) is 3.59. The predicted molar refractivity (Wildman–Crippen MR) is 67.1 cm³/mol. The lowest BCUT2D eigenvalue weighted by molar-refractivity contribution is 0.115. The molecule has 1 aromatic carbocycles. The Balaban J connectivity index is 2.19. The third-order valence-electron chi connectivity index (χ3n) is 2.20. The summed E-state index contributed by atoms with van der Waals surface area (Å²) < 4.78 is 5.48. The summed E-state index contributed by atoms with van der Waals surface area (Å²) in [5.41, 5.74) is 1.02. The van der Waals surface area contributed by atoms with Crippen molar-refractivity contribution in [3.8, 4) is 0 Å². The highest BCUT2D eigenvalue weighted by atomic mass is 35.5. The first kappa shape index (κ1) is 13.8. The van der Waals surface area contributed by atoms with Crippen LogP contribution in [0.2, 0.25) is 10.0 Å². The van der Waals surface area contributed by atoms with E-state index in [-0.39, 0.29) is 6.61 Å². The Labute approximate surface area is 106 Å². The Morgan fingerprint density at radius 1 is 1.06 bits per heavy atom. The van der Waals surface area contributed by atoms with Crippen LogP contribution in [0, 0.1) is 0 Å². The van der Waals surface area contributed by atoms with Gasteiger partial charge in [-0.3, -0.25) is 0 Å². The van der Waals surface area contributed by atoms with E-state index in [4.69, 9.17) is 33.0 Å². The van der Waals surface area contributed by atoms with E-state index in [0.29, 0.717) is 23.3 Å². The molecule has 0 saturated heterocycles. The van der Waals surface area contributed by atoms with Crippen LogP contribution in [-0.4, -0.2) is 18.3 Å². The van der Waals surface area contributed by atoms with Gasteiger partial charge in [0.05, 0.1) is 16.7 Å². The van der Waals surface area contributed by atoms with E-state index >= 15 is 0 Å². The highest BCUT2D eigenvalue weighted by Gasteiger charge is 1.99.